The molecule has 4 heteroatoms. The van der Waals surface area contributed by atoms with Crippen LogP contribution >= 0.6 is 0 Å². The van der Waals surface area contributed by atoms with Crippen LogP contribution < -0.4 is 22.5 Å². The molecule has 0 radical (unpaired) electrons. The van der Waals surface area contributed by atoms with Gasteiger partial charge in [0.2, 0.25) is 0 Å². The van der Waals surface area contributed by atoms with Gasteiger partial charge < -0.3 is 22.5 Å². The summed E-state index contributed by atoms with van der Waals surface area (Å²) >= 11 is 0. The van der Waals surface area contributed by atoms with E-state index in [-0.39, 0.29) is 18.2 Å². The predicted molar refractivity (Wildman–Crippen MR) is 52.9 cm³/mol. The first-order chi connectivity index (χ1) is 6.20. The molecule has 70 valence electrons. The smallest absolute Gasteiger partial charge is 0.0916 e. The van der Waals surface area contributed by atoms with E-state index in [0.717, 1.165) is 11.3 Å². The van der Waals surface area contributed by atoms with Crippen LogP contribution in [0, 0.1) is 0 Å². The number of hydrogen-bond acceptors (Lipinski definition) is 4. The Hall–Kier alpha value is -1.10. The summed E-state index contributed by atoms with van der Waals surface area (Å²) in [6.45, 7) is 0. The highest BCUT2D eigenvalue weighted by atomic mass is 15.1. The Kier molecular flexibility index (Phi) is 1.95. The third-order valence-corrected chi connectivity index (χ3v) is 2.47. The van der Waals surface area contributed by atoms with Crippen molar-refractivity contribution in [3.05, 3.63) is 29.8 Å². The van der Waals surface area contributed by atoms with E-state index in [4.69, 9.17) is 17.2 Å². The van der Waals surface area contributed by atoms with E-state index >= 15 is 0 Å². The second kappa shape index (κ2) is 2.99. The molecule has 0 amide bonds. The number of fused-ring (bicyclic) bond motifs is 1. The minimum Gasteiger partial charge on any atom is -0.368 e. The third-order valence-electron chi connectivity index (χ3n) is 2.47. The van der Waals surface area contributed by atoms with Crippen LogP contribution in [0.1, 0.15) is 11.6 Å². The molecule has 0 bridgehead atoms. The fraction of sp³-hybridized carbons (Fsp3) is 0.333. The van der Waals surface area contributed by atoms with Gasteiger partial charge in [-0.15, -0.1) is 0 Å². The van der Waals surface area contributed by atoms with E-state index in [1.807, 2.05) is 24.3 Å². The van der Waals surface area contributed by atoms with Crippen molar-refractivity contribution >= 4 is 5.69 Å². The van der Waals surface area contributed by atoms with Gasteiger partial charge in [-0.25, -0.2) is 0 Å². The molecule has 1 aromatic rings. The summed E-state index contributed by atoms with van der Waals surface area (Å²) in [5.74, 6) is 0. The van der Waals surface area contributed by atoms with Gasteiger partial charge in [0.15, 0.2) is 0 Å². The van der Waals surface area contributed by atoms with Crippen molar-refractivity contribution in [2.75, 3.05) is 5.32 Å². The normalized spacial score (nSPS) is 32.1. The van der Waals surface area contributed by atoms with Crippen molar-refractivity contribution in [3.8, 4) is 0 Å². The maximum absolute atomic E-state index is 5.94. The zero-order valence-corrected chi connectivity index (χ0v) is 7.27. The molecule has 0 spiro atoms. The molecule has 0 aromatic heterocycles. The molecular weight excluding hydrogens is 164 g/mol. The van der Waals surface area contributed by atoms with Crippen molar-refractivity contribution < 1.29 is 0 Å². The molecule has 0 aliphatic carbocycles. The quantitative estimate of drug-likeness (QED) is 0.440. The first-order valence-corrected chi connectivity index (χ1v) is 4.32. The molecule has 1 aliphatic heterocycles. The SMILES string of the molecule is NC1Nc2ccccc2C(N)C1N. The van der Waals surface area contributed by atoms with Crippen LogP contribution in [0.5, 0.6) is 0 Å². The minimum atomic E-state index is -0.259. The summed E-state index contributed by atoms with van der Waals surface area (Å²) in [5.41, 5.74) is 19.6. The lowest BCUT2D eigenvalue weighted by molar-refractivity contribution is 0.466. The topological polar surface area (TPSA) is 90.1 Å². The first kappa shape index (κ1) is 8.50. The summed E-state index contributed by atoms with van der Waals surface area (Å²) in [6, 6.07) is 7.42. The Morgan fingerprint density at radius 2 is 1.77 bits per heavy atom. The number of para-hydroxylation sites is 1. The summed E-state index contributed by atoms with van der Waals surface area (Å²) in [6.07, 6.45) is -0.259. The van der Waals surface area contributed by atoms with Crippen molar-refractivity contribution in [1.29, 1.82) is 0 Å². The van der Waals surface area contributed by atoms with Crippen molar-refractivity contribution in [3.63, 3.8) is 0 Å². The second-order valence-corrected chi connectivity index (χ2v) is 3.36. The molecule has 0 saturated heterocycles. The van der Waals surface area contributed by atoms with Gasteiger partial charge in [-0.05, 0) is 11.6 Å². The van der Waals surface area contributed by atoms with Crippen LogP contribution in [-0.2, 0) is 0 Å². The van der Waals surface area contributed by atoms with E-state index in [9.17, 15) is 0 Å². The van der Waals surface area contributed by atoms with Gasteiger partial charge in [0.1, 0.15) is 0 Å². The monoisotopic (exact) mass is 178 g/mol. The zero-order chi connectivity index (χ0) is 9.42. The fourth-order valence-corrected chi connectivity index (χ4v) is 1.63. The molecule has 1 heterocycles. The lowest BCUT2D eigenvalue weighted by atomic mass is 9.93. The third kappa shape index (κ3) is 1.29. The number of anilines is 1. The molecule has 13 heavy (non-hydrogen) atoms. The number of nitrogens with one attached hydrogen (secondary N) is 1. The van der Waals surface area contributed by atoms with Crippen LogP contribution in [-0.4, -0.2) is 12.2 Å². The van der Waals surface area contributed by atoms with Crippen LogP contribution in [0.2, 0.25) is 0 Å². The molecule has 1 aromatic carbocycles. The molecular formula is C9H14N4. The van der Waals surface area contributed by atoms with Crippen molar-refractivity contribution in [2.45, 2.75) is 18.2 Å². The number of rotatable bonds is 0. The largest absolute Gasteiger partial charge is 0.368 e. The summed E-state index contributed by atoms with van der Waals surface area (Å²) in [5, 5.41) is 3.11. The van der Waals surface area contributed by atoms with E-state index in [1.54, 1.807) is 0 Å². The van der Waals surface area contributed by atoms with Crippen LogP contribution in [0.15, 0.2) is 24.3 Å². The average molecular weight is 178 g/mol. The fourth-order valence-electron chi connectivity index (χ4n) is 1.63. The number of benzene rings is 1. The Bertz CT molecular complexity index is 312. The van der Waals surface area contributed by atoms with Gasteiger partial charge in [-0.3, -0.25) is 0 Å². The number of nitrogens with two attached hydrogens (primary N) is 3. The summed E-state index contributed by atoms with van der Waals surface area (Å²) in [7, 11) is 0. The maximum atomic E-state index is 5.94. The molecule has 3 unspecified atom stereocenters. The minimum absolute atomic E-state index is 0.174. The highest BCUT2D eigenvalue weighted by Crippen LogP contribution is 2.28. The van der Waals surface area contributed by atoms with E-state index in [2.05, 4.69) is 5.32 Å². The molecule has 0 saturated carbocycles. The van der Waals surface area contributed by atoms with Gasteiger partial charge in [-0.2, -0.15) is 0 Å². The lowest BCUT2D eigenvalue weighted by Gasteiger charge is -2.34. The van der Waals surface area contributed by atoms with E-state index in [0.29, 0.717) is 0 Å². The molecule has 0 fully saturated rings. The van der Waals surface area contributed by atoms with E-state index < -0.39 is 0 Å². The Morgan fingerprint density at radius 3 is 2.54 bits per heavy atom. The maximum Gasteiger partial charge on any atom is 0.0916 e. The highest BCUT2D eigenvalue weighted by Gasteiger charge is 2.28. The molecule has 1 aliphatic rings. The van der Waals surface area contributed by atoms with Crippen molar-refractivity contribution in [2.24, 2.45) is 17.2 Å². The van der Waals surface area contributed by atoms with Crippen LogP contribution in [0.3, 0.4) is 0 Å². The molecule has 3 atom stereocenters. The Morgan fingerprint density at radius 1 is 1.08 bits per heavy atom. The lowest BCUT2D eigenvalue weighted by Crippen LogP contribution is -2.55. The van der Waals surface area contributed by atoms with Gasteiger partial charge in [0, 0.05) is 5.69 Å². The van der Waals surface area contributed by atoms with Gasteiger partial charge in [-0.1, -0.05) is 18.2 Å². The molecule has 4 nitrogen and oxygen atoms in total. The van der Waals surface area contributed by atoms with Gasteiger partial charge >= 0.3 is 0 Å². The average Bonchev–Trinajstić information content (AvgIpc) is 2.15. The van der Waals surface area contributed by atoms with E-state index in [1.165, 1.54) is 0 Å². The standard InChI is InChI=1S/C9H14N4/c10-7-5-3-1-2-4-6(5)13-9(12)8(7)11/h1-4,7-9,13H,10-12H2. The summed E-state index contributed by atoms with van der Waals surface area (Å²) in [4.78, 5) is 0. The van der Waals surface area contributed by atoms with Crippen LogP contribution in [0.4, 0.5) is 5.69 Å². The molecule has 2 rings (SSSR count). The zero-order valence-electron chi connectivity index (χ0n) is 7.27. The first-order valence-electron chi connectivity index (χ1n) is 4.32. The second-order valence-electron chi connectivity index (χ2n) is 3.36. The van der Waals surface area contributed by atoms with Gasteiger partial charge in [0.05, 0.1) is 18.2 Å². The molecule has 7 N–H and O–H groups in total. The Balaban J connectivity index is 2.43. The van der Waals surface area contributed by atoms with Gasteiger partial charge in [0.25, 0.3) is 0 Å². The van der Waals surface area contributed by atoms with Crippen molar-refractivity contribution in [1.82, 2.24) is 0 Å². The summed E-state index contributed by atoms with van der Waals surface area (Å²) < 4.78 is 0. The van der Waals surface area contributed by atoms with Crippen LogP contribution in [0.25, 0.3) is 0 Å². The highest BCUT2D eigenvalue weighted by molar-refractivity contribution is 5.56. The number of hydrogen-bond donors (Lipinski definition) is 4. The Labute approximate surface area is 77.1 Å². The predicted octanol–water partition coefficient (Wildman–Crippen LogP) is -0.276.